The molecule has 2 saturated heterocycles. The lowest BCUT2D eigenvalue weighted by atomic mass is 9.99. The van der Waals surface area contributed by atoms with Crippen LogP contribution < -0.4 is 0 Å². The van der Waals surface area contributed by atoms with Crippen molar-refractivity contribution in [2.24, 2.45) is 0 Å². The Labute approximate surface area is 273 Å². The third-order valence-electron chi connectivity index (χ3n) is 10.1. The lowest BCUT2D eigenvalue weighted by Crippen LogP contribution is -2.33. The van der Waals surface area contributed by atoms with Gasteiger partial charge in [0.1, 0.15) is 6.10 Å². The van der Waals surface area contributed by atoms with E-state index in [1.165, 1.54) is 32.1 Å². The number of unbranched alkanes of at least 4 members (excludes halogenated alkanes) is 9. The number of rotatable bonds is 25. The van der Waals surface area contributed by atoms with Gasteiger partial charge in [0.25, 0.3) is 0 Å². The number of cyclic esters (lactones) is 1. The Morgan fingerprint density at radius 2 is 1.16 bits per heavy atom. The first-order valence-electron chi connectivity index (χ1n) is 18.7. The zero-order chi connectivity index (χ0) is 32.4. The van der Waals surface area contributed by atoms with Crippen LogP contribution in [0.2, 0.25) is 0 Å². The third kappa shape index (κ3) is 14.7. The average molecular weight is 639 g/mol. The molecule has 9 atom stereocenters. The summed E-state index contributed by atoms with van der Waals surface area (Å²) < 4.78 is 17.6. The van der Waals surface area contributed by atoms with Crippen LogP contribution in [0.4, 0.5) is 0 Å². The van der Waals surface area contributed by atoms with E-state index in [2.05, 4.69) is 6.92 Å². The minimum absolute atomic E-state index is 0.0381. The zero-order valence-electron chi connectivity index (χ0n) is 28.5. The molecule has 3 rings (SSSR count). The highest BCUT2D eigenvalue weighted by Gasteiger charge is 2.40. The number of aliphatic hydroxyl groups is 4. The predicted molar refractivity (Wildman–Crippen MR) is 177 cm³/mol. The molecule has 0 aromatic rings. The van der Waals surface area contributed by atoms with Gasteiger partial charge in [0.15, 0.2) is 0 Å². The topological polar surface area (TPSA) is 126 Å². The van der Waals surface area contributed by atoms with Crippen LogP contribution in [0.15, 0.2) is 11.6 Å². The normalized spacial score (nSPS) is 27.8. The smallest absolute Gasteiger partial charge is 0.334 e. The molecule has 0 amide bonds. The molecular weight excluding hydrogens is 572 g/mol. The third-order valence-corrected chi connectivity index (χ3v) is 10.1. The second kappa shape index (κ2) is 21.8. The van der Waals surface area contributed by atoms with E-state index in [0.29, 0.717) is 19.3 Å². The van der Waals surface area contributed by atoms with Gasteiger partial charge in [-0.1, -0.05) is 71.1 Å². The van der Waals surface area contributed by atoms with Gasteiger partial charge >= 0.3 is 5.97 Å². The van der Waals surface area contributed by atoms with Gasteiger partial charge in [-0.3, -0.25) is 0 Å². The minimum Gasteiger partial charge on any atom is -0.455 e. The standard InChI is InChI=1S/C37H66O8/c1-3-4-5-12-16-29(38)18-14-19-31(40)33-22-24-35(44-33)36-25-23-34(45-36)32(41)21-20-30(39)17-13-10-8-6-7-9-11-15-28-26-27(2)43-37(28)42/h26-27,29-36,38-41H,3-25H2,1-2H3/t27-,29-,30+,31-,32+,33?,34-,35+,36?/m0/s1. The number of aliphatic hydroxyl groups excluding tert-OH is 4. The number of carbonyl (C=O) groups is 1. The first-order chi connectivity index (χ1) is 21.8. The molecule has 3 aliphatic heterocycles. The highest BCUT2D eigenvalue weighted by Crippen LogP contribution is 2.34. The summed E-state index contributed by atoms with van der Waals surface area (Å²) in [6.07, 6.45) is 21.2. The summed E-state index contributed by atoms with van der Waals surface area (Å²) in [7, 11) is 0. The van der Waals surface area contributed by atoms with Crippen LogP contribution in [0.5, 0.6) is 0 Å². The van der Waals surface area contributed by atoms with Crippen LogP contribution >= 0.6 is 0 Å². The van der Waals surface area contributed by atoms with Gasteiger partial charge in [-0.15, -0.1) is 0 Å². The summed E-state index contributed by atoms with van der Waals surface area (Å²) in [6, 6.07) is 0. The van der Waals surface area contributed by atoms with Gasteiger partial charge in [-0.2, -0.15) is 0 Å². The Bertz CT molecular complexity index is 833. The number of carbonyl (C=O) groups excluding carboxylic acids is 1. The molecule has 8 nitrogen and oxygen atoms in total. The fraction of sp³-hybridized carbons (Fsp3) is 0.919. The van der Waals surface area contributed by atoms with Crippen molar-refractivity contribution >= 4 is 5.97 Å². The van der Waals surface area contributed by atoms with Crippen LogP contribution in [0.3, 0.4) is 0 Å². The summed E-state index contributed by atoms with van der Waals surface area (Å²) in [6.45, 7) is 4.08. The largest absolute Gasteiger partial charge is 0.455 e. The Kier molecular flexibility index (Phi) is 18.6. The van der Waals surface area contributed by atoms with Crippen LogP contribution in [-0.4, -0.2) is 81.3 Å². The minimum atomic E-state index is -0.578. The molecule has 3 aliphatic rings. The van der Waals surface area contributed by atoms with Crippen molar-refractivity contribution in [3.63, 3.8) is 0 Å². The molecule has 0 radical (unpaired) electrons. The molecule has 0 spiro atoms. The highest BCUT2D eigenvalue weighted by molar-refractivity contribution is 5.90. The summed E-state index contributed by atoms with van der Waals surface area (Å²) in [5.74, 6) is -0.148. The van der Waals surface area contributed by atoms with Gasteiger partial charge < -0.3 is 34.6 Å². The van der Waals surface area contributed by atoms with Gasteiger partial charge in [-0.25, -0.2) is 4.79 Å². The van der Waals surface area contributed by atoms with Gasteiger partial charge in [-0.05, 0) is 96.5 Å². The van der Waals surface area contributed by atoms with E-state index >= 15 is 0 Å². The van der Waals surface area contributed by atoms with E-state index in [4.69, 9.17) is 14.2 Å². The van der Waals surface area contributed by atoms with Crippen LogP contribution in [0.1, 0.15) is 162 Å². The zero-order valence-corrected chi connectivity index (χ0v) is 28.5. The molecule has 0 aromatic carbocycles. The molecular formula is C37H66O8. The molecule has 0 aromatic heterocycles. The van der Waals surface area contributed by atoms with E-state index in [0.717, 1.165) is 102 Å². The number of esters is 1. The predicted octanol–water partition coefficient (Wildman–Crippen LogP) is 6.83. The monoisotopic (exact) mass is 638 g/mol. The maximum atomic E-state index is 11.6. The van der Waals surface area contributed by atoms with Crippen molar-refractivity contribution < 1.29 is 39.4 Å². The van der Waals surface area contributed by atoms with Crippen molar-refractivity contribution in [1.29, 1.82) is 0 Å². The summed E-state index contributed by atoms with van der Waals surface area (Å²) >= 11 is 0. The molecule has 8 heteroatoms. The molecule has 2 fully saturated rings. The van der Waals surface area contributed by atoms with Gasteiger partial charge in [0.2, 0.25) is 0 Å². The number of hydrogen-bond acceptors (Lipinski definition) is 8. The van der Waals surface area contributed by atoms with E-state index < -0.39 is 12.2 Å². The molecule has 2 unspecified atom stereocenters. The average Bonchev–Trinajstić information content (AvgIpc) is 3.77. The number of hydrogen-bond donors (Lipinski definition) is 4. The Morgan fingerprint density at radius 1 is 0.644 bits per heavy atom. The summed E-state index contributed by atoms with van der Waals surface area (Å²) in [5.41, 5.74) is 0.834. The van der Waals surface area contributed by atoms with Crippen molar-refractivity contribution in [2.75, 3.05) is 0 Å². The van der Waals surface area contributed by atoms with Crippen molar-refractivity contribution in [1.82, 2.24) is 0 Å². The number of ether oxygens (including phenoxy) is 3. The first kappa shape index (κ1) is 38.4. The quantitative estimate of drug-likeness (QED) is 0.0634. The second-order valence-corrected chi connectivity index (χ2v) is 14.2. The van der Waals surface area contributed by atoms with E-state index in [1.807, 2.05) is 13.0 Å². The summed E-state index contributed by atoms with van der Waals surface area (Å²) in [4.78, 5) is 11.6. The molecule has 4 N–H and O–H groups in total. The second-order valence-electron chi connectivity index (χ2n) is 14.2. The van der Waals surface area contributed by atoms with E-state index in [-0.39, 0.29) is 48.7 Å². The van der Waals surface area contributed by atoms with E-state index in [9.17, 15) is 25.2 Å². The maximum Gasteiger partial charge on any atom is 0.334 e. The summed E-state index contributed by atoms with van der Waals surface area (Å²) in [5, 5.41) is 42.1. The van der Waals surface area contributed by atoms with Crippen molar-refractivity contribution in [3.05, 3.63) is 11.6 Å². The SMILES string of the molecule is CCCCCC[C@H](O)CCC[C@H](O)C1CC[C@H](C2CC[C@@H]([C@H](O)CC[C@H](O)CCCCCCCCCC3=C[C@H](C)OC3=O)O2)O1. The molecule has 0 aliphatic carbocycles. The lowest BCUT2D eigenvalue weighted by molar-refractivity contribution is -0.139. The van der Waals surface area contributed by atoms with Gasteiger partial charge in [0, 0.05) is 5.57 Å². The fourth-order valence-electron chi connectivity index (χ4n) is 7.28. The highest BCUT2D eigenvalue weighted by atomic mass is 16.6. The molecule has 3 heterocycles. The van der Waals surface area contributed by atoms with Crippen LogP contribution in [0, 0.1) is 0 Å². The van der Waals surface area contributed by atoms with E-state index in [1.54, 1.807) is 0 Å². The first-order valence-corrected chi connectivity index (χ1v) is 18.7. The van der Waals surface area contributed by atoms with Crippen LogP contribution in [-0.2, 0) is 19.0 Å². The Hall–Kier alpha value is -1.03. The Balaban J connectivity index is 1.16. The van der Waals surface area contributed by atoms with Crippen molar-refractivity contribution in [3.8, 4) is 0 Å². The lowest BCUT2D eigenvalue weighted by Gasteiger charge is -2.24. The fourth-order valence-corrected chi connectivity index (χ4v) is 7.28. The molecule has 262 valence electrons. The molecule has 0 saturated carbocycles. The van der Waals surface area contributed by atoms with Gasteiger partial charge in [0.05, 0.1) is 48.8 Å². The Morgan fingerprint density at radius 3 is 1.73 bits per heavy atom. The van der Waals surface area contributed by atoms with Crippen molar-refractivity contribution in [2.45, 2.75) is 216 Å². The maximum absolute atomic E-state index is 11.6. The molecule has 0 bridgehead atoms. The van der Waals surface area contributed by atoms with Crippen LogP contribution in [0.25, 0.3) is 0 Å². The molecule has 45 heavy (non-hydrogen) atoms.